The van der Waals surface area contributed by atoms with Crippen molar-refractivity contribution in [2.45, 2.75) is 19.3 Å². The molecule has 92 valence electrons. The summed E-state index contributed by atoms with van der Waals surface area (Å²) < 4.78 is 5.15. The Bertz CT molecular complexity index is 239. The summed E-state index contributed by atoms with van der Waals surface area (Å²) in [5.74, 6) is 1.19. The molecule has 4 heteroatoms. The molecule has 2 fully saturated rings. The van der Waals surface area contributed by atoms with Gasteiger partial charge in [0.25, 0.3) is 0 Å². The Morgan fingerprint density at radius 2 is 2.12 bits per heavy atom. The molecule has 16 heavy (non-hydrogen) atoms. The van der Waals surface area contributed by atoms with E-state index in [1.54, 1.807) is 7.11 Å². The molecule has 1 atom stereocenters. The molecular weight excluding hydrogens is 204 g/mol. The second-order valence-electron chi connectivity index (χ2n) is 4.92. The van der Waals surface area contributed by atoms with Crippen molar-refractivity contribution < 1.29 is 9.53 Å². The van der Waals surface area contributed by atoms with Crippen LogP contribution >= 0.6 is 0 Å². The maximum atomic E-state index is 12.2. The van der Waals surface area contributed by atoms with Gasteiger partial charge in [-0.15, -0.1) is 0 Å². The number of nitrogens with one attached hydrogen (secondary N) is 1. The number of carbonyl (C=O) groups excluding carboxylic acids is 1. The number of hydrogen-bond acceptors (Lipinski definition) is 3. The zero-order chi connectivity index (χ0) is 11.4. The molecule has 0 aromatic carbocycles. The molecule has 0 radical (unpaired) electrons. The van der Waals surface area contributed by atoms with Gasteiger partial charge in [0, 0.05) is 32.0 Å². The van der Waals surface area contributed by atoms with Crippen molar-refractivity contribution in [1.82, 2.24) is 10.2 Å². The molecular formula is C12H22N2O2. The van der Waals surface area contributed by atoms with Crippen LogP contribution in [0, 0.1) is 11.8 Å². The number of ether oxygens (including phenoxy) is 1. The van der Waals surface area contributed by atoms with E-state index >= 15 is 0 Å². The lowest BCUT2D eigenvalue weighted by atomic mass is 9.97. The molecule has 0 saturated carbocycles. The van der Waals surface area contributed by atoms with Crippen LogP contribution in [-0.4, -0.2) is 50.7 Å². The molecule has 0 spiro atoms. The average Bonchev–Trinajstić information content (AvgIpc) is 2.78. The monoisotopic (exact) mass is 226 g/mol. The molecule has 2 aliphatic rings. The molecule has 0 bridgehead atoms. The highest BCUT2D eigenvalue weighted by atomic mass is 16.5. The number of carbonyl (C=O) groups is 1. The summed E-state index contributed by atoms with van der Waals surface area (Å²) in [7, 11) is 1.73. The lowest BCUT2D eigenvalue weighted by Crippen LogP contribution is -2.40. The van der Waals surface area contributed by atoms with Gasteiger partial charge in [0.1, 0.15) is 0 Å². The standard InChI is InChI=1S/C12H22N2O2/c1-16-9-10-4-7-14(8-10)12(15)11-2-5-13-6-3-11/h10-11,13H,2-9H2,1H3/t10-/m1/s1. The van der Waals surface area contributed by atoms with Crippen LogP contribution in [0.4, 0.5) is 0 Å². The third-order valence-corrected chi connectivity index (χ3v) is 3.69. The highest BCUT2D eigenvalue weighted by Crippen LogP contribution is 2.22. The minimum absolute atomic E-state index is 0.266. The summed E-state index contributed by atoms with van der Waals surface area (Å²) in [6.07, 6.45) is 3.11. The van der Waals surface area contributed by atoms with Crippen LogP contribution in [-0.2, 0) is 9.53 Å². The van der Waals surface area contributed by atoms with E-state index in [1.165, 1.54) is 0 Å². The number of piperidine rings is 1. The fraction of sp³-hybridized carbons (Fsp3) is 0.917. The van der Waals surface area contributed by atoms with E-state index in [9.17, 15) is 4.79 Å². The first kappa shape index (κ1) is 11.9. The van der Waals surface area contributed by atoms with Gasteiger partial charge in [-0.3, -0.25) is 4.79 Å². The van der Waals surface area contributed by atoms with Crippen LogP contribution in [0.1, 0.15) is 19.3 Å². The molecule has 2 saturated heterocycles. The quantitative estimate of drug-likeness (QED) is 0.761. The molecule has 2 rings (SSSR count). The number of amides is 1. The second kappa shape index (κ2) is 5.64. The fourth-order valence-electron chi connectivity index (χ4n) is 2.73. The Balaban J connectivity index is 1.81. The van der Waals surface area contributed by atoms with Crippen molar-refractivity contribution in [3.8, 4) is 0 Å². The minimum atomic E-state index is 0.266. The number of likely N-dealkylation sites (tertiary alicyclic amines) is 1. The highest BCUT2D eigenvalue weighted by molar-refractivity contribution is 5.79. The predicted molar refractivity (Wildman–Crippen MR) is 62.2 cm³/mol. The van der Waals surface area contributed by atoms with Crippen LogP contribution in [0.15, 0.2) is 0 Å². The zero-order valence-corrected chi connectivity index (χ0v) is 10.1. The summed E-state index contributed by atoms with van der Waals surface area (Å²) in [4.78, 5) is 14.2. The van der Waals surface area contributed by atoms with E-state index in [1.807, 2.05) is 4.90 Å². The van der Waals surface area contributed by atoms with Gasteiger partial charge in [0.2, 0.25) is 5.91 Å². The first-order valence-corrected chi connectivity index (χ1v) is 6.29. The van der Waals surface area contributed by atoms with E-state index in [0.717, 1.165) is 52.0 Å². The normalized spacial score (nSPS) is 27.3. The van der Waals surface area contributed by atoms with Crippen LogP contribution in [0.2, 0.25) is 0 Å². The van der Waals surface area contributed by atoms with Crippen LogP contribution in [0.25, 0.3) is 0 Å². The first-order valence-electron chi connectivity index (χ1n) is 6.29. The summed E-state index contributed by atoms with van der Waals surface area (Å²) in [5, 5.41) is 3.30. The van der Waals surface area contributed by atoms with Gasteiger partial charge in [0.15, 0.2) is 0 Å². The van der Waals surface area contributed by atoms with Crippen molar-refractivity contribution in [2.75, 3.05) is 39.9 Å². The van der Waals surface area contributed by atoms with Crippen LogP contribution < -0.4 is 5.32 Å². The highest BCUT2D eigenvalue weighted by Gasteiger charge is 2.31. The van der Waals surface area contributed by atoms with Crippen LogP contribution in [0.5, 0.6) is 0 Å². The third kappa shape index (κ3) is 2.74. The first-order chi connectivity index (χ1) is 7.81. The lowest BCUT2D eigenvalue weighted by molar-refractivity contribution is -0.135. The van der Waals surface area contributed by atoms with Gasteiger partial charge in [-0.2, -0.15) is 0 Å². The van der Waals surface area contributed by atoms with Gasteiger partial charge in [-0.05, 0) is 32.4 Å². The number of nitrogens with zero attached hydrogens (tertiary/aromatic N) is 1. The Labute approximate surface area is 97.3 Å². The molecule has 0 aromatic heterocycles. The van der Waals surface area contributed by atoms with E-state index in [-0.39, 0.29) is 5.92 Å². The Hall–Kier alpha value is -0.610. The maximum absolute atomic E-state index is 12.2. The van der Waals surface area contributed by atoms with Gasteiger partial charge >= 0.3 is 0 Å². The van der Waals surface area contributed by atoms with E-state index in [0.29, 0.717) is 11.8 Å². The van der Waals surface area contributed by atoms with Crippen molar-refractivity contribution in [3.05, 3.63) is 0 Å². The molecule has 0 unspecified atom stereocenters. The largest absolute Gasteiger partial charge is 0.384 e. The maximum Gasteiger partial charge on any atom is 0.225 e. The van der Waals surface area contributed by atoms with Crippen molar-refractivity contribution >= 4 is 5.91 Å². The number of hydrogen-bond donors (Lipinski definition) is 1. The molecule has 2 heterocycles. The smallest absolute Gasteiger partial charge is 0.225 e. The molecule has 0 aromatic rings. The Kier molecular flexibility index (Phi) is 4.18. The van der Waals surface area contributed by atoms with Crippen molar-refractivity contribution in [2.24, 2.45) is 11.8 Å². The van der Waals surface area contributed by atoms with Gasteiger partial charge in [-0.25, -0.2) is 0 Å². The lowest BCUT2D eigenvalue weighted by Gasteiger charge is -2.26. The topological polar surface area (TPSA) is 41.6 Å². The zero-order valence-electron chi connectivity index (χ0n) is 10.1. The molecule has 1 N–H and O–H groups in total. The minimum Gasteiger partial charge on any atom is -0.384 e. The summed E-state index contributed by atoms with van der Waals surface area (Å²) >= 11 is 0. The summed E-state index contributed by atoms with van der Waals surface area (Å²) in [6.45, 7) is 4.60. The third-order valence-electron chi connectivity index (χ3n) is 3.69. The molecule has 4 nitrogen and oxygen atoms in total. The van der Waals surface area contributed by atoms with Gasteiger partial charge in [0.05, 0.1) is 6.61 Å². The van der Waals surface area contributed by atoms with Gasteiger partial charge in [-0.1, -0.05) is 0 Å². The molecule has 1 amide bonds. The van der Waals surface area contributed by atoms with Gasteiger partial charge < -0.3 is 15.0 Å². The van der Waals surface area contributed by atoms with Crippen LogP contribution in [0.3, 0.4) is 0 Å². The van der Waals surface area contributed by atoms with E-state index < -0.39 is 0 Å². The Morgan fingerprint density at radius 1 is 1.38 bits per heavy atom. The number of rotatable bonds is 3. The second-order valence-corrected chi connectivity index (χ2v) is 4.92. The SMILES string of the molecule is COC[C@@H]1CCN(C(=O)C2CCNCC2)C1. The summed E-state index contributed by atoms with van der Waals surface area (Å²) in [5.41, 5.74) is 0. The van der Waals surface area contributed by atoms with E-state index in [2.05, 4.69) is 5.32 Å². The van der Waals surface area contributed by atoms with Crippen molar-refractivity contribution in [1.29, 1.82) is 0 Å². The van der Waals surface area contributed by atoms with Crippen molar-refractivity contribution in [3.63, 3.8) is 0 Å². The molecule has 0 aliphatic carbocycles. The number of methoxy groups -OCH3 is 1. The summed E-state index contributed by atoms with van der Waals surface area (Å²) in [6, 6.07) is 0. The molecule has 2 aliphatic heterocycles. The van der Waals surface area contributed by atoms with E-state index in [4.69, 9.17) is 4.74 Å². The Morgan fingerprint density at radius 3 is 2.81 bits per heavy atom. The fourth-order valence-corrected chi connectivity index (χ4v) is 2.73. The average molecular weight is 226 g/mol. The predicted octanol–water partition coefficient (Wildman–Crippen LogP) is 0.481.